The number of nitrogens with one attached hydrogen (secondary N) is 1. The van der Waals surface area contributed by atoms with Crippen molar-refractivity contribution in [1.29, 1.82) is 5.26 Å². The van der Waals surface area contributed by atoms with Crippen LogP contribution in [0.3, 0.4) is 0 Å². The van der Waals surface area contributed by atoms with Crippen LogP contribution in [0.25, 0.3) is 11.1 Å². The average molecular weight is 294 g/mol. The van der Waals surface area contributed by atoms with Gasteiger partial charge in [-0.2, -0.15) is 5.26 Å². The van der Waals surface area contributed by atoms with E-state index in [-0.39, 0.29) is 11.1 Å². The number of hydrogen-bond donors (Lipinski definition) is 1. The van der Waals surface area contributed by atoms with Gasteiger partial charge in [0.25, 0.3) is 5.56 Å². The summed E-state index contributed by atoms with van der Waals surface area (Å²) >= 11 is 0. The number of nitrogens with zero attached hydrogens (tertiary/aromatic N) is 1. The summed E-state index contributed by atoms with van der Waals surface area (Å²) < 4.78 is 40.5. The second kappa shape index (κ2) is 5.32. The molecule has 0 saturated heterocycles. The Labute approximate surface area is 117 Å². The van der Waals surface area contributed by atoms with Crippen LogP contribution in [-0.2, 0) is 0 Å². The minimum absolute atomic E-state index is 0.162. The van der Waals surface area contributed by atoms with E-state index in [1.54, 1.807) is 13.0 Å². The van der Waals surface area contributed by atoms with Gasteiger partial charge in [0.2, 0.25) is 0 Å². The van der Waals surface area contributed by atoms with Crippen LogP contribution in [0.15, 0.2) is 35.1 Å². The van der Waals surface area contributed by atoms with Crippen LogP contribution >= 0.6 is 0 Å². The predicted molar refractivity (Wildman–Crippen MR) is 68.6 cm³/mol. The first-order valence-corrected chi connectivity index (χ1v) is 5.80. The van der Waals surface area contributed by atoms with Crippen LogP contribution in [0.2, 0.25) is 0 Å². The molecule has 2 rings (SSSR count). The Morgan fingerprint density at radius 2 is 2.00 bits per heavy atom. The molecule has 0 spiro atoms. The number of hydrogen-bond acceptors (Lipinski definition) is 3. The zero-order chi connectivity index (χ0) is 15.6. The lowest BCUT2D eigenvalue weighted by atomic mass is 10.0. The normalized spacial score (nSPS) is 11.0. The summed E-state index contributed by atoms with van der Waals surface area (Å²) in [6.07, 6.45) is -4.80. The molecule has 0 fully saturated rings. The van der Waals surface area contributed by atoms with E-state index in [1.807, 2.05) is 0 Å². The van der Waals surface area contributed by atoms with Gasteiger partial charge in [-0.3, -0.25) is 4.79 Å². The maximum absolute atomic E-state index is 12.2. The van der Waals surface area contributed by atoms with Crippen molar-refractivity contribution in [2.45, 2.75) is 13.3 Å². The smallest absolute Gasteiger partial charge is 0.406 e. The fraction of sp³-hybridized carbons (Fsp3) is 0.143. The topological polar surface area (TPSA) is 65.9 Å². The highest BCUT2D eigenvalue weighted by atomic mass is 19.4. The number of H-pyrrole nitrogens is 1. The van der Waals surface area contributed by atoms with Crippen molar-refractivity contribution in [3.8, 4) is 22.9 Å². The van der Waals surface area contributed by atoms with Gasteiger partial charge in [0.1, 0.15) is 17.4 Å². The molecule has 1 heterocycles. The second-order valence-corrected chi connectivity index (χ2v) is 4.26. The van der Waals surface area contributed by atoms with Gasteiger partial charge >= 0.3 is 6.36 Å². The molecule has 1 N–H and O–H groups in total. The molecular formula is C14H9F3N2O2. The SMILES string of the molecule is Cc1cc(-c2cccc(OC(F)(F)F)c2)c(C#N)c(=O)[nH]1. The van der Waals surface area contributed by atoms with E-state index >= 15 is 0 Å². The molecular weight excluding hydrogens is 285 g/mol. The zero-order valence-corrected chi connectivity index (χ0v) is 10.8. The van der Waals surface area contributed by atoms with Crippen LogP contribution in [0.5, 0.6) is 5.75 Å². The van der Waals surface area contributed by atoms with Crippen molar-refractivity contribution >= 4 is 0 Å². The van der Waals surface area contributed by atoms with Gasteiger partial charge in [-0.1, -0.05) is 12.1 Å². The van der Waals surface area contributed by atoms with Crippen molar-refractivity contribution in [3.63, 3.8) is 0 Å². The van der Waals surface area contributed by atoms with E-state index in [9.17, 15) is 18.0 Å². The molecule has 0 bridgehead atoms. The van der Waals surface area contributed by atoms with Crippen LogP contribution in [0, 0.1) is 18.3 Å². The van der Waals surface area contributed by atoms with Crippen LogP contribution in [-0.4, -0.2) is 11.3 Å². The van der Waals surface area contributed by atoms with Crippen molar-refractivity contribution in [3.05, 3.63) is 51.9 Å². The summed E-state index contributed by atoms with van der Waals surface area (Å²) in [5, 5.41) is 9.03. The Morgan fingerprint density at radius 1 is 1.29 bits per heavy atom. The number of aromatic amines is 1. The maximum atomic E-state index is 12.2. The Kier molecular flexibility index (Phi) is 3.72. The van der Waals surface area contributed by atoms with Crippen LogP contribution in [0.4, 0.5) is 13.2 Å². The number of aromatic nitrogens is 1. The lowest BCUT2D eigenvalue weighted by Gasteiger charge is -2.11. The minimum atomic E-state index is -4.80. The van der Waals surface area contributed by atoms with Gasteiger partial charge in [-0.05, 0) is 30.7 Å². The van der Waals surface area contributed by atoms with Gasteiger partial charge in [0.05, 0.1) is 0 Å². The molecule has 0 atom stereocenters. The molecule has 0 amide bonds. The number of halogens is 3. The third-order valence-corrected chi connectivity index (χ3v) is 2.66. The lowest BCUT2D eigenvalue weighted by molar-refractivity contribution is -0.274. The quantitative estimate of drug-likeness (QED) is 0.925. The number of nitriles is 1. The van der Waals surface area contributed by atoms with Gasteiger partial charge in [0.15, 0.2) is 0 Å². The molecule has 1 aromatic heterocycles. The van der Waals surface area contributed by atoms with E-state index in [2.05, 4.69) is 9.72 Å². The third kappa shape index (κ3) is 3.42. The molecule has 0 aliphatic heterocycles. The van der Waals surface area contributed by atoms with Gasteiger partial charge in [-0.25, -0.2) is 0 Å². The maximum Gasteiger partial charge on any atom is 0.573 e. The summed E-state index contributed by atoms with van der Waals surface area (Å²) in [4.78, 5) is 14.2. The molecule has 1 aromatic carbocycles. The number of pyridine rings is 1. The van der Waals surface area contributed by atoms with Crippen LogP contribution < -0.4 is 10.3 Å². The number of benzene rings is 1. The molecule has 21 heavy (non-hydrogen) atoms. The van der Waals surface area contributed by atoms with E-state index in [4.69, 9.17) is 5.26 Å². The first-order valence-electron chi connectivity index (χ1n) is 5.80. The number of ether oxygens (including phenoxy) is 1. The van der Waals surface area contributed by atoms with Crippen molar-refractivity contribution < 1.29 is 17.9 Å². The number of aryl methyl sites for hydroxylation is 1. The Hall–Kier alpha value is -2.75. The predicted octanol–water partition coefficient (Wildman–Crippen LogP) is 3.12. The molecule has 7 heteroatoms. The Bertz CT molecular complexity index is 773. The van der Waals surface area contributed by atoms with E-state index < -0.39 is 17.7 Å². The molecule has 0 saturated carbocycles. The molecule has 4 nitrogen and oxygen atoms in total. The standard InChI is InChI=1S/C14H9F3N2O2/c1-8-5-11(12(7-18)13(20)19-8)9-3-2-4-10(6-9)21-14(15,16)17/h2-6H,1H3,(H,19,20). The highest BCUT2D eigenvalue weighted by molar-refractivity contribution is 5.71. The highest BCUT2D eigenvalue weighted by Gasteiger charge is 2.31. The summed E-state index contributed by atoms with van der Waals surface area (Å²) in [6, 6.07) is 8.39. The molecule has 108 valence electrons. The number of alkyl halides is 3. The summed E-state index contributed by atoms with van der Waals surface area (Å²) in [5.74, 6) is -0.415. The molecule has 0 aliphatic rings. The average Bonchev–Trinajstić information content (AvgIpc) is 2.36. The van der Waals surface area contributed by atoms with Gasteiger partial charge in [0, 0.05) is 11.3 Å². The largest absolute Gasteiger partial charge is 0.573 e. The third-order valence-electron chi connectivity index (χ3n) is 2.66. The van der Waals surface area contributed by atoms with E-state index in [1.165, 1.54) is 18.2 Å². The fourth-order valence-corrected chi connectivity index (χ4v) is 1.89. The Morgan fingerprint density at radius 3 is 2.62 bits per heavy atom. The molecule has 0 unspecified atom stereocenters. The second-order valence-electron chi connectivity index (χ2n) is 4.26. The Balaban J connectivity index is 2.56. The summed E-state index contributed by atoms with van der Waals surface area (Å²) in [6.45, 7) is 1.61. The van der Waals surface area contributed by atoms with Gasteiger partial charge < -0.3 is 9.72 Å². The molecule has 0 radical (unpaired) electrons. The van der Waals surface area contributed by atoms with Crippen molar-refractivity contribution in [2.75, 3.05) is 0 Å². The van der Waals surface area contributed by atoms with Crippen molar-refractivity contribution in [2.24, 2.45) is 0 Å². The van der Waals surface area contributed by atoms with Crippen LogP contribution in [0.1, 0.15) is 11.3 Å². The first kappa shape index (κ1) is 14.7. The first-order chi connectivity index (χ1) is 9.80. The summed E-state index contributed by atoms with van der Waals surface area (Å²) in [5.41, 5.74) is 0.296. The van der Waals surface area contributed by atoms with Crippen molar-refractivity contribution in [1.82, 2.24) is 4.98 Å². The van der Waals surface area contributed by atoms with E-state index in [0.29, 0.717) is 11.3 Å². The monoisotopic (exact) mass is 294 g/mol. The number of rotatable bonds is 2. The van der Waals surface area contributed by atoms with Gasteiger partial charge in [-0.15, -0.1) is 13.2 Å². The zero-order valence-electron chi connectivity index (χ0n) is 10.8. The lowest BCUT2D eigenvalue weighted by Crippen LogP contribution is -2.17. The minimum Gasteiger partial charge on any atom is -0.406 e. The molecule has 0 aliphatic carbocycles. The van der Waals surface area contributed by atoms with E-state index in [0.717, 1.165) is 12.1 Å². The fourth-order valence-electron chi connectivity index (χ4n) is 1.89. The summed E-state index contributed by atoms with van der Waals surface area (Å²) in [7, 11) is 0. The highest BCUT2D eigenvalue weighted by Crippen LogP contribution is 2.29. The molecule has 2 aromatic rings.